The SMILES string of the molecule is CC/C=C\C/C=C\C/C=C\C/C=C\C/C=C\CCCCCCCC(=O)OC(COCCCCCCCC/C=C\C/C=C\CCCC)COC1OC(CO)C(O)C(OS(=O)(=O)O)C1O. The molecule has 4 N–H and O–H groups in total. The fourth-order valence-corrected chi connectivity index (χ4v) is 7.16. The van der Waals surface area contributed by atoms with Gasteiger partial charge in [-0.1, -0.05) is 157 Å². The summed E-state index contributed by atoms with van der Waals surface area (Å²) >= 11 is 0. The van der Waals surface area contributed by atoms with Crippen LogP contribution in [0.4, 0.5) is 0 Å². The van der Waals surface area contributed by atoms with Crippen LogP contribution in [-0.4, -0.2) is 97.5 Å². The number of hydrogen-bond acceptors (Lipinski definition) is 11. The zero-order chi connectivity index (χ0) is 46.1. The van der Waals surface area contributed by atoms with Crippen molar-refractivity contribution in [3.63, 3.8) is 0 Å². The van der Waals surface area contributed by atoms with Crippen LogP contribution < -0.4 is 0 Å². The van der Waals surface area contributed by atoms with E-state index in [1.54, 1.807) is 0 Å². The molecule has 6 atom stereocenters. The van der Waals surface area contributed by atoms with Gasteiger partial charge in [-0.2, -0.15) is 8.42 Å². The Hall–Kier alpha value is -2.72. The number of aliphatic hydroxyl groups excluding tert-OH is 3. The normalized spacial score (nSPS) is 20.6. The monoisotopic (exact) mass is 909 g/mol. The molecule has 1 rings (SSSR count). The van der Waals surface area contributed by atoms with Crippen molar-refractivity contribution >= 4 is 16.4 Å². The predicted octanol–water partition coefficient (Wildman–Crippen LogP) is 10.5. The molecule has 0 amide bonds. The molecule has 1 aliphatic heterocycles. The van der Waals surface area contributed by atoms with Crippen LogP contribution in [-0.2, 0) is 38.3 Å². The summed E-state index contributed by atoms with van der Waals surface area (Å²) in [5.41, 5.74) is 0. The molecule has 1 fully saturated rings. The molecule has 0 aliphatic carbocycles. The molecule has 12 nitrogen and oxygen atoms in total. The smallest absolute Gasteiger partial charge is 0.397 e. The van der Waals surface area contributed by atoms with Gasteiger partial charge in [-0.05, 0) is 83.5 Å². The predicted molar refractivity (Wildman–Crippen MR) is 252 cm³/mol. The van der Waals surface area contributed by atoms with E-state index >= 15 is 0 Å². The third kappa shape index (κ3) is 34.3. The van der Waals surface area contributed by atoms with Gasteiger partial charge in [0.05, 0.1) is 19.8 Å². The van der Waals surface area contributed by atoms with Crippen molar-refractivity contribution in [1.29, 1.82) is 0 Å². The third-order valence-corrected chi connectivity index (χ3v) is 10.7. The highest BCUT2D eigenvalue weighted by Crippen LogP contribution is 2.26. The molecule has 1 heterocycles. The van der Waals surface area contributed by atoms with Gasteiger partial charge < -0.3 is 34.3 Å². The van der Waals surface area contributed by atoms with Gasteiger partial charge in [0.15, 0.2) is 6.29 Å². The molecule has 1 aliphatic rings. The summed E-state index contributed by atoms with van der Waals surface area (Å²) in [6, 6.07) is 0. The highest BCUT2D eigenvalue weighted by molar-refractivity contribution is 7.80. The Bertz CT molecular complexity index is 1420. The number of allylic oxidation sites excluding steroid dienone is 14. The summed E-state index contributed by atoms with van der Waals surface area (Å²) in [4.78, 5) is 12.9. The highest BCUT2D eigenvalue weighted by Gasteiger charge is 2.48. The minimum atomic E-state index is -5.07. The van der Waals surface area contributed by atoms with Crippen LogP contribution in [0.25, 0.3) is 0 Å². The maximum absolute atomic E-state index is 12.9. The van der Waals surface area contributed by atoms with Crippen LogP contribution in [0.1, 0.15) is 162 Å². The highest BCUT2D eigenvalue weighted by atomic mass is 32.3. The van der Waals surface area contributed by atoms with Gasteiger partial charge in [0.25, 0.3) is 0 Å². The molecule has 0 radical (unpaired) electrons. The summed E-state index contributed by atoms with van der Waals surface area (Å²) in [5.74, 6) is -0.425. The molecule has 0 aromatic heterocycles. The lowest BCUT2D eigenvalue weighted by atomic mass is 9.99. The Labute approximate surface area is 381 Å². The minimum absolute atomic E-state index is 0.0154. The van der Waals surface area contributed by atoms with E-state index in [0.717, 1.165) is 109 Å². The Morgan fingerprint density at radius 2 is 1.10 bits per heavy atom. The van der Waals surface area contributed by atoms with Crippen LogP contribution >= 0.6 is 0 Å². The van der Waals surface area contributed by atoms with Crippen molar-refractivity contribution < 1.29 is 56.2 Å². The number of hydrogen-bond donors (Lipinski definition) is 4. The van der Waals surface area contributed by atoms with Gasteiger partial charge in [0.2, 0.25) is 0 Å². The number of carbonyl (C=O) groups excluding carboxylic acids is 1. The van der Waals surface area contributed by atoms with E-state index in [1.807, 2.05) is 0 Å². The Balaban J connectivity index is 2.43. The molecular formula is C50H84O12S. The zero-order valence-corrected chi connectivity index (χ0v) is 39.4. The summed E-state index contributed by atoms with van der Waals surface area (Å²) in [5, 5.41) is 30.7. The van der Waals surface area contributed by atoms with Gasteiger partial charge in [-0.25, -0.2) is 4.18 Å². The molecular weight excluding hydrogens is 825 g/mol. The first-order chi connectivity index (χ1) is 30.6. The Morgan fingerprint density at radius 1 is 0.619 bits per heavy atom. The van der Waals surface area contributed by atoms with Gasteiger partial charge in [-0.15, -0.1) is 0 Å². The molecule has 0 saturated carbocycles. The molecule has 6 unspecified atom stereocenters. The molecule has 0 spiro atoms. The lowest BCUT2D eigenvalue weighted by molar-refractivity contribution is -0.301. The van der Waals surface area contributed by atoms with Crippen molar-refractivity contribution in [1.82, 2.24) is 0 Å². The molecule has 0 aromatic rings. The molecule has 0 bridgehead atoms. The second kappa shape index (κ2) is 40.8. The Morgan fingerprint density at radius 3 is 1.60 bits per heavy atom. The van der Waals surface area contributed by atoms with Crippen LogP contribution in [0, 0.1) is 0 Å². The van der Waals surface area contributed by atoms with E-state index in [-0.39, 0.29) is 19.6 Å². The lowest BCUT2D eigenvalue weighted by Crippen LogP contribution is -2.60. The number of aliphatic hydroxyl groups is 3. The number of unbranched alkanes of at least 4 members (excludes halogenated alkanes) is 13. The number of carbonyl (C=O) groups is 1. The number of rotatable bonds is 40. The summed E-state index contributed by atoms with van der Waals surface area (Å²) < 4.78 is 59.1. The molecule has 63 heavy (non-hydrogen) atoms. The third-order valence-electron chi connectivity index (χ3n) is 10.3. The van der Waals surface area contributed by atoms with E-state index in [1.165, 1.54) is 25.7 Å². The average molecular weight is 909 g/mol. The first-order valence-corrected chi connectivity index (χ1v) is 25.2. The van der Waals surface area contributed by atoms with E-state index in [2.05, 4.69) is 103 Å². The summed E-state index contributed by atoms with van der Waals surface area (Å²) in [7, 11) is -5.07. The zero-order valence-electron chi connectivity index (χ0n) is 38.6. The van der Waals surface area contributed by atoms with Crippen molar-refractivity contribution in [2.24, 2.45) is 0 Å². The van der Waals surface area contributed by atoms with Crippen LogP contribution in [0.5, 0.6) is 0 Å². The first kappa shape index (κ1) is 58.3. The van der Waals surface area contributed by atoms with Crippen LogP contribution in [0.3, 0.4) is 0 Å². The van der Waals surface area contributed by atoms with E-state index < -0.39 is 59.8 Å². The second-order valence-corrected chi connectivity index (χ2v) is 17.0. The molecule has 13 heteroatoms. The lowest BCUT2D eigenvalue weighted by Gasteiger charge is -2.41. The van der Waals surface area contributed by atoms with Gasteiger partial charge >= 0.3 is 16.4 Å². The van der Waals surface area contributed by atoms with Gasteiger partial charge in [-0.3, -0.25) is 9.35 Å². The standard InChI is InChI=1S/C50H84O12S/c1-3-5-7-9-11-13-15-17-19-20-21-22-23-24-25-27-29-31-33-35-37-39-46(52)60-44(43-59-50-48(54)49(62-63(55,56)57)47(53)45(41-51)61-50)42-58-40-38-36-34-32-30-28-26-18-16-14-12-10-8-6-4-2/h5,7,10-13,16-19,21-22,24-25,44-45,47-51,53-54H,3-4,6,8-9,14-15,20,23,26-43H2,1-2H3,(H,55,56,57)/b7-5-,12-10-,13-11-,18-16-,19-17-,22-21-,25-24-. The first-order valence-electron chi connectivity index (χ1n) is 23.8. The quantitative estimate of drug-likeness (QED) is 0.0198. The van der Waals surface area contributed by atoms with Crippen molar-refractivity contribution in [3.05, 3.63) is 85.1 Å². The largest absolute Gasteiger partial charge is 0.457 e. The van der Waals surface area contributed by atoms with Gasteiger partial charge in [0.1, 0.15) is 30.5 Å². The fraction of sp³-hybridized carbons (Fsp3) is 0.700. The second-order valence-electron chi connectivity index (χ2n) is 16.0. The van der Waals surface area contributed by atoms with Crippen LogP contribution in [0.15, 0.2) is 85.1 Å². The Kier molecular flexibility index (Phi) is 37.7. The maximum Gasteiger partial charge on any atom is 0.397 e. The van der Waals surface area contributed by atoms with Crippen molar-refractivity contribution in [3.8, 4) is 0 Å². The molecule has 362 valence electrons. The van der Waals surface area contributed by atoms with E-state index in [9.17, 15) is 33.1 Å². The summed E-state index contributed by atoms with van der Waals surface area (Å²) in [6.07, 6.45) is 44.6. The van der Waals surface area contributed by atoms with Crippen molar-refractivity contribution in [2.45, 2.75) is 198 Å². The molecule has 1 saturated heterocycles. The summed E-state index contributed by atoms with van der Waals surface area (Å²) in [6.45, 7) is 3.77. The van der Waals surface area contributed by atoms with E-state index in [4.69, 9.17) is 18.9 Å². The molecule has 0 aromatic carbocycles. The van der Waals surface area contributed by atoms with Gasteiger partial charge in [0, 0.05) is 13.0 Å². The average Bonchev–Trinajstić information content (AvgIpc) is 3.26. The number of ether oxygens (including phenoxy) is 4. The topological polar surface area (TPSA) is 178 Å². The number of esters is 1. The minimum Gasteiger partial charge on any atom is -0.457 e. The fourth-order valence-electron chi connectivity index (χ4n) is 6.66. The van der Waals surface area contributed by atoms with Crippen LogP contribution in [0.2, 0.25) is 0 Å². The maximum atomic E-state index is 12.9. The van der Waals surface area contributed by atoms with E-state index in [0.29, 0.717) is 13.0 Å². The van der Waals surface area contributed by atoms with Crippen molar-refractivity contribution in [2.75, 3.05) is 26.4 Å².